The van der Waals surface area contributed by atoms with E-state index < -0.39 is 0 Å². The van der Waals surface area contributed by atoms with E-state index in [1.165, 1.54) is 11.1 Å². The highest BCUT2D eigenvalue weighted by Crippen LogP contribution is 2.32. The lowest BCUT2D eigenvalue weighted by Crippen LogP contribution is -2.45. The van der Waals surface area contributed by atoms with Gasteiger partial charge in [0.2, 0.25) is 0 Å². The minimum absolute atomic E-state index is 0.0617. The second kappa shape index (κ2) is 3.95. The van der Waals surface area contributed by atoms with Crippen molar-refractivity contribution in [3.05, 3.63) is 35.4 Å². The van der Waals surface area contributed by atoms with Crippen molar-refractivity contribution in [3.8, 4) is 0 Å². The highest BCUT2D eigenvalue weighted by molar-refractivity contribution is 5.30. The van der Waals surface area contributed by atoms with Gasteiger partial charge in [0.1, 0.15) is 0 Å². The van der Waals surface area contributed by atoms with E-state index in [1.54, 1.807) is 0 Å². The van der Waals surface area contributed by atoms with Crippen LogP contribution in [0.15, 0.2) is 24.3 Å². The van der Waals surface area contributed by atoms with Crippen LogP contribution >= 0.6 is 0 Å². The highest BCUT2D eigenvalue weighted by atomic mass is 15.0. The summed E-state index contributed by atoms with van der Waals surface area (Å²) in [4.78, 5) is 0. The van der Waals surface area contributed by atoms with Gasteiger partial charge in [0.15, 0.2) is 0 Å². The molecule has 2 atom stereocenters. The summed E-state index contributed by atoms with van der Waals surface area (Å²) in [5, 5.41) is 3.41. The van der Waals surface area contributed by atoms with E-state index in [9.17, 15) is 0 Å². The van der Waals surface area contributed by atoms with E-state index >= 15 is 0 Å². The van der Waals surface area contributed by atoms with Crippen LogP contribution in [0, 0.1) is 6.92 Å². The van der Waals surface area contributed by atoms with E-state index in [0.29, 0.717) is 5.92 Å². The van der Waals surface area contributed by atoms with E-state index in [-0.39, 0.29) is 5.54 Å². The molecule has 3 N–H and O–H groups in total. The summed E-state index contributed by atoms with van der Waals surface area (Å²) >= 11 is 0. The minimum Gasteiger partial charge on any atom is -0.323 e. The molecule has 1 heterocycles. The van der Waals surface area contributed by atoms with Crippen molar-refractivity contribution in [2.75, 3.05) is 13.1 Å². The van der Waals surface area contributed by atoms with Gasteiger partial charge in [-0.2, -0.15) is 0 Å². The van der Waals surface area contributed by atoms with Gasteiger partial charge in [-0.1, -0.05) is 36.8 Å². The summed E-state index contributed by atoms with van der Waals surface area (Å²) in [6.45, 7) is 6.25. The summed E-state index contributed by atoms with van der Waals surface area (Å²) in [7, 11) is 0. The standard InChI is InChI=1S/C13H20N2/c1-3-13(14)9-15-8-12(13)11-6-4-5-10(2)7-11/h4-7,12,15H,3,8-9,14H2,1-2H3. The first-order valence-corrected chi connectivity index (χ1v) is 5.72. The Morgan fingerprint density at radius 2 is 2.33 bits per heavy atom. The fourth-order valence-corrected chi connectivity index (χ4v) is 2.48. The van der Waals surface area contributed by atoms with E-state index in [0.717, 1.165) is 19.5 Å². The maximum Gasteiger partial charge on any atom is 0.0359 e. The number of rotatable bonds is 2. The lowest BCUT2D eigenvalue weighted by Gasteiger charge is -2.29. The molecule has 2 rings (SSSR count). The van der Waals surface area contributed by atoms with Crippen LogP contribution in [0.25, 0.3) is 0 Å². The smallest absolute Gasteiger partial charge is 0.0359 e. The monoisotopic (exact) mass is 204 g/mol. The Bertz CT molecular complexity index is 348. The predicted octanol–water partition coefficient (Wildman–Crippen LogP) is 1.79. The van der Waals surface area contributed by atoms with Gasteiger partial charge in [-0.3, -0.25) is 0 Å². The molecule has 15 heavy (non-hydrogen) atoms. The Balaban J connectivity index is 2.30. The summed E-state index contributed by atoms with van der Waals surface area (Å²) in [6, 6.07) is 8.71. The molecule has 2 unspecified atom stereocenters. The minimum atomic E-state index is -0.0617. The van der Waals surface area contributed by atoms with Crippen LogP contribution in [0.4, 0.5) is 0 Å². The van der Waals surface area contributed by atoms with Crippen LogP contribution in [0.5, 0.6) is 0 Å². The van der Waals surface area contributed by atoms with Crippen molar-refractivity contribution in [2.24, 2.45) is 5.73 Å². The average Bonchev–Trinajstić information content (AvgIpc) is 2.61. The SMILES string of the molecule is CCC1(N)CNCC1c1cccc(C)c1. The predicted molar refractivity (Wildman–Crippen MR) is 64.0 cm³/mol. The molecule has 0 bridgehead atoms. The number of hydrogen-bond acceptors (Lipinski definition) is 2. The van der Waals surface area contributed by atoms with Crippen LogP contribution in [0.3, 0.4) is 0 Å². The molecule has 0 spiro atoms. The fraction of sp³-hybridized carbons (Fsp3) is 0.538. The first-order chi connectivity index (χ1) is 7.15. The van der Waals surface area contributed by atoms with Crippen molar-refractivity contribution in [2.45, 2.75) is 31.7 Å². The van der Waals surface area contributed by atoms with E-state index in [4.69, 9.17) is 5.73 Å². The number of aryl methyl sites for hydroxylation is 1. The lowest BCUT2D eigenvalue weighted by molar-refractivity contribution is 0.405. The molecule has 82 valence electrons. The zero-order valence-corrected chi connectivity index (χ0v) is 9.59. The van der Waals surface area contributed by atoms with Crippen molar-refractivity contribution in [1.29, 1.82) is 0 Å². The zero-order chi connectivity index (χ0) is 10.9. The van der Waals surface area contributed by atoms with Gasteiger partial charge in [0, 0.05) is 24.5 Å². The first kappa shape index (κ1) is 10.7. The van der Waals surface area contributed by atoms with Gasteiger partial charge in [-0.05, 0) is 18.9 Å². The van der Waals surface area contributed by atoms with Gasteiger partial charge in [-0.15, -0.1) is 0 Å². The third-order valence-electron chi connectivity index (χ3n) is 3.60. The quantitative estimate of drug-likeness (QED) is 0.771. The van der Waals surface area contributed by atoms with E-state index in [2.05, 4.69) is 43.4 Å². The average molecular weight is 204 g/mol. The van der Waals surface area contributed by atoms with Gasteiger partial charge in [0.25, 0.3) is 0 Å². The van der Waals surface area contributed by atoms with Crippen LogP contribution in [0.1, 0.15) is 30.4 Å². The summed E-state index contributed by atoms with van der Waals surface area (Å²) in [5.41, 5.74) is 9.06. The molecule has 2 heteroatoms. The third-order valence-corrected chi connectivity index (χ3v) is 3.60. The molecule has 0 radical (unpaired) electrons. The molecule has 1 aromatic rings. The third kappa shape index (κ3) is 1.92. The molecule has 0 aliphatic carbocycles. The molecular formula is C13H20N2. The topological polar surface area (TPSA) is 38.0 Å². The zero-order valence-electron chi connectivity index (χ0n) is 9.59. The molecular weight excluding hydrogens is 184 g/mol. The molecule has 1 saturated heterocycles. The number of nitrogens with one attached hydrogen (secondary N) is 1. The first-order valence-electron chi connectivity index (χ1n) is 5.72. The molecule has 0 amide bonds. The summed E-state index contributed by atoms with van der Waals surface area (Å²) in [5.74, 6) is 0.461. The Kier molecular flexibility index (Phi) is 2.81. The van der Waals surface area contributed by atoms with Gasteiger partial charge in [0.05, 0.1) is 0 Å². The molecule has 2 nitrogen and oxygen atoms in total. The number of benzene rings is 1. The molecule has 1 aliphatic rings. The summed E-state index contributed by atoms with van der Waals surface area (Å²) in [6.07, 6.45) is 1.03. The molecule has 0 aromatic heterocycles. The Morgan fingerprint density at radius 1 is 1.53 bits per heavy atom. The van der Waals surface area contributed by atoms with Gasteiger partial charge in [-0.25, -0.2) is 0 Å². The Labute approximate surface area is 91.9 Å². The molecule has 1 fully saturated rings. The van der Waals surface area contributed by atoms with Crippen molar-refractivity contribution >= 4 is 0 Å². The van der Waals surface area contributed by atoms with Gasteiger partial charge >= 0.3 is 0 Å². The van der Waals surface area contributed by atoms with Crippen LogP contribution in [-0.2, 0) is 0 Å². The van der Waals surface area contributed by atoms with Gasteiger partial charge < -0.3 is 11.1 Å². The Morgan fingerprint density at radius 3 is 3.00 bits per heavy atom. The van der Waals surface area contributed by atoms with Crippen molar-refractivity contribution in [3.63, 3.8) is 0 Å². The largest absolute Gasteiger partial charge is 0.323 e. The maximum absolute atomic E-state index is 6.42. The normalized spacial score (nSPS) is 30.7. The number of hydrogen-bond donors (Lipinski definition) is 2. The van der Waals surface area contributed by atoms with Crippen molar-refractivity contribution in [1.82, 2.24) is 5.32 Å². The molecule has 0 saturated carbocycles. The molecule has 1 aromatic carbocycles. The Hall–Kier alpha value is -0.860. The lowest BCUT2D eigenvalue weighted by atomic mass is 9.80. The van der Waals surface area contributed by atoms with Crippen LogP contribution in [0.2, 0.25) is 0 Å². The van der Waals surface area contributed by atoms with Crippen molar-refractivity contribution < 1.29 is 0 Å². The maximum atomic E-state index is 6.42. The highest BCUT2D eigenvalue weighted by Gasteiger charge is 2.38. The fourth-order valence-electron chi connectivity index (χ4n) is 2.48. The van der Waals surface area contributed by atoms with Crippen LogP contribution < -0.4 is 11.1 Å². The van der Waals surface area contributed by atoms with Crippen LogP contribution in [-0.4, -0.2) is 18.6 Å². The van der Waals surface area contributed by atoms with E-state index in [1.807, 2.05) is 0 Å². The second-order valence-corrected chi connectivity index (χ2v) is 4.68. The molecule has 1 aliphatic heterocycles. The number of nitrogens with two attached hydrogens (primary N) is 1. The second-order valence-electron chi connectivity index (χ2n) is 4.68. The summed E-state index contributed by atoms with van der Waals surface area (Å²) < 4.78 is 0.